The van der Waals surface area contributed by atoms with Crippen LogP contribution in [0.25, 0.3) is 0 Å². The van der Waals surface area contributed by atoms with Gasteiger partial charge < -0.3 is 15.5 Å². The van der Waals surface area contributed by atoms with Gasteiger partial charge in [0.1, 0.15) is 6.54 Å². The second-order valence-electron chi connectivity index (χ2n) is 5.87. The summed E-state index contributed by atoms with van der Waals surface area (Å²) in [6, 6.07) is -0.305. The van der Waals surface area contributed by atoms with E-state index in [0.717, 1.165) is 0 Å². The molecule has 0 bridgehead atoms. The topological polar surface area (TPSA) is 56.7 Å². The molecule has 0 heterocycles. The third-order valence-corrected chi connectivity index (χ3v) is 3.76. The van der Waals surface area contributed by atoms with Crippen molar-refractivity contribution in [3.05, 3.63) is 12.7 Å². The SMILES string of the molecule is C=CCNC(=NCC(=O)N(C)C)NC1CCCC(C(F)(F)F)C1. The van der Waals surface area contributed by atoms with Gasteiger partial charge in [-0.15, -0.1) is 6.58 Å². The zero-order chi connectivity index (χ0) is 17.5. The smallest absolute Gasteiger partial charge is 0.354 e. The zero-order valence-corrected chi connectivity index (χ0v) is 13.6. The minimum atomic E-state index is -4.16. The maximum atomic E-state index is 12.9. The molecule has 1 saturated carbocycles. The molecule has 132 valence electrons. The molecule has 0 spiro atoms. The second-order valence-corrected chi connectivity index (χ2v) is 5.87. The Balaban J connectivity index is 2.66. The number of aliphatic imine (C=N–C) groups is 1. The molecule has 0 aromatic carbocycles. The van der Waals surface area contributed by atoms with E-state index in [1.807, 2.05) is 0 Å². The van der Waals surface area contributed by atoms with Gasteiger partial charge >= 0.3 is 6.18 Å². The summed E-state index contributed by atoms with van der Waals surface area (Å²) in [6.45, 7) is 3.93. The van der Waals surface area contributed by atoms with Gasteiger partial charge in [-0.1, -0.05) is 12.5 Å². The monoisotopic (exact) mass is 334 g/mol. The molecule has 23 heavy (non-hydrogen) atoms. The van der Waals surface area contributed by atoms with Gasteiger partial charge in [-0.05, 0) is 19.3 Å². The van der Waals surface area contributed by atoms with E-state index in [9.17, 15) is 18.0 Å². The average Bonchev–Trinajstić information content (AvgIpc) is 2.48. The highest BCUT2D eigenvalue weighted by Gasteiger charge is 2.42. The summed E-state index contributed by atoms with van der Waals surface area (Å²) in [5, 5.41) is 5.94. The van der Waals surface area contributed by atoms with Gasteiger partial charge in [0.15, 0.2) is 5.96 Å². The van der Waals surface area contributed by atoms with Crippen molar-refractivity contribution in [2.75, 3.05) is 27.2 Å². The number of hydrogen-bond donors (Lipinski definition) is 2. The van der Waals surface area contributed by atoms with Gasteiger partial charge in [-0.25, -0.2) is 4.99 Å². The maximum absolute atomic E-state index is 12.9. The van der Waals surface area contributed by atoms with Crippen molar-refractivity contribution in [2.45, 2.75) is 37.9 Å². The molecule has 0 aromatic heterocycles. The van der Waals surface area contributed by atoms with Gasteiger partial charge in [-0.2, -0.15) is 13.2 Å². The van der Waals surface area contributed by atoms with Gasteiger partial charge in [-0.3, -0.25) is 4.79 Å². The molecule has 0 saturated heterocycles. The Labute approximate surface area is 135 Å². The van der Waals surface area contributed by atoms with Gasteiger partial charge in [0, 0.05) is 26.7 Å². The van der Waals surface area contributed by atoms with Crippen LogP contribution in [0.3, 0.4) is 0 Å². The molecular weight excluding hydrogens is 309 g/mol. The van der Waals surface area contributed by atoms with Gasteiger partial charge in [0.2, 0.25) is 5.91 Å². The van der Waals surface area contributed by atoms with Crippen LogP contribution in [0.15, 0.2) is 17.6 Å². The number of amides is 1. The summed E-state index contributed by atoms with van der Waals surface area (Å²) < 4.78 is 38.6. The van der Waals surface area contributed by atoms with Crippen LogP contribution in [0, 0.1) is 5.92 Å². The van der Waals surface area contributed by atoms with Gasteiger partial charge in [0.05, 0.1) is 5.92 Å². The molecule has 8 heteroatoms. The number of carbonyl (C=O) groups is 1. The second kappa shape index (κ2) is 8.79. The van der Waals surface area contributed by atoms with E-state index in [1.54, 1.807) is 20.2 Å². The molecule has 1 rings (SSSR count). The molecule has 2 unspecified atom stereocenters. The van der Waals surface area contributed by atoms with Crippen molar-refractivity contribution in [2.24, 2.45) is 10.9 Å². The van der Waals surface area contributed by atoms with E-state index in [1.165, 1.54) is 4.90 Å². The molecule has 2 atom stereocenters. The maximum Gasteiger partial charge on any atom is 0.391 e. The summed E-state index contributed by atoms with van der Waals surface area (Å²) in [5.41, 5.74) is 0. The van der Waals surface area contributed by atoms with Crippen molar-refractivity contribution in [1.82, 2.24) is 15.5 Å². The first-order valence-electron chi connectivity index (χ1n) is 7.66. The fourth-order valence-electron chi connectivity index (χ4n) is 2.42. The van der Waals surface area contributed by atoms with E-state index < -0.39 is 12.1 Å². The van der Waals surface area contributed by atoms with E-state index >= 15 is 0 Å². The summed E-state index contributed by atoms with van der Waals surface area (Å²) in [7, 11) is 3.24. The van der Waals surface area contributed by atoms with E-state index in [4.69, 9.17) is 0 Å². The highest BCUT2D eigenvalue weighted by molar-refractivity contribution is 5.85. The third kappa shape index (κ3) is 6.92. The Kier molecular flexibility index (Phi) is 7.38. The van der Waals surface area contributed by atoms with Crippen molar-refractivity contribution in [1.29, 1.82) is 0 Å². The number of halogens is 3. The molecule has 0 radical (unpaired) electrons. The quantitative estimate of drug-likeness (QED) is 0.459. The van der Waals surface area contributed by atoms with Crippen molar-refractivity contribution in [3.8, 4) is 0 Å². The van der Waals surface area contributed by atoms with E-state index in [-0.39, 0.29) is 31.3 Å². The van der Waals surface area contributed by atoms with Crippen molar-refractivity contribution in [3.63, 3.8) is 0 Å². The lowest BCUT2D eigenvalue weighted by atomic mass is 9.85. The minimum absolute atomic E-state index is 0.0277. The van der Waals surface area contributed by atoms with Crippen molar-refractivity contribution >= 4 is 11.9 Å². The molecule has 1 fully saturated rings. The number of hydrogen-bond acceptors (Lipinski definition) is 2. The van der Waals surface area contributed by atoms with Crippen molar-refractivity contribution < 1.29 is 18.0 Å². The number of rotatable bonds is 5. The Hall–Kier alpha value is -1.73. The lowest BCUT2D eigenvalue weighted by Gasteiger charge is -2.31. The summed E-state index contributed by atoms with van der Waals surface area (Å²) in [6.07, 6.45) is -1.17. The van der Waals surface area contributed by atoms with Crippen LogP contribution in [-0.4, -0.2) is 56.2 Å². The fourth-order valence-corrected chi connectivity index (χ4v) is 2.42. The van der Waals surface area contributed by atoms with Crippen LogP contribution in [0.1, 0.15) is 25.7 Å². The number of guanidine groups is 1. The van der Waals surface area contributed by atoms with Crippen LogP contribution in [0.5, 0.6) is 0 Å². The highest BCUT2D eigenvalue weighted by atomic mass is 19.4. The molecule has 0 aliphatic heterocycles. The lowest BCUT2D eigenvalue weighted by molar-refractivity contribution is -0.183. The first-order chi connectivity index (χ1) is 10.7. The predicted molar refractivity (Wildman–Crippen MR) is 84.1 cm³/mol. The Morgan fingerprint density at radius 1 is 1.39 bits per heavy atom. The molecule has 1 aliphatic rings. The normalized spacial score (nSPS) is 22.4. The van der Waals surface area contributed by atoms with Crippen LogP contribution in [0.4, 0.5) is 13.2 Å². The standard InChI is InChI=1S/C15H25F3N4O/c1-4-8-19-14(20-10-13(23)22(2)3)21-12-7-5-6-11(9-12)15(16,17)18/h4,11-12H,1,5-10H2,2-3H3,(H2,19,20,21). The molecule has 5 nitrogen and oxygen atoms in total. The molecule has 1 amide bonds. The largest absolute Gasteiger partial charge is 0.391 e. The predicted octanol–water partition coefficient (Wildman–Crippen LogP) is 1.92. The Morgan fingerprint density at radius 3 is 2.65 bits per heavy atom. The first kappa shape index (κ1) is 19.3. The first-order valence-corrected chi connectivity index (χ1v) is 7.66. The Morgan fingerprint density at radius 2 is 2.09 bits per heavy atom. The number of alkyl halides is 3. The summed E-state index contributed by atoms with van der Waals surface area (Å²) in [4.78, 5) is 17.1. The molecule has 0 aromatic rings. The van der Waals surface area contributed by atoms with Gasteiger partial charge in [0.25, 0.3) is 0 Å². The molecule has 2 N–H and O–H groups in total. The number of nitrogens with one attached hydrogen (secondary N) is 2. The summed E-state index contributed by atoms with van der Waals surface area (Å²) in [5.74, 6) is -1.12. The van der Waals surface area contributed by atoms with Crippen LogP contribution in [0.2, 0.25) is 0 Å². The molecule has 1 aliphatic carbocycles. The number of likely N-dealkylation sites (N-methyl/N-ethyl adjacent to an activating group) is 1. The Bertz CT molecular complexity index is 435. The highest BCUT2D eigenvalue weighted by Crippen LogP contribution is 2.37. The third-order valence-electron chi connectivity index (χ3n) is 3.76. The van der Waals surface area contributed by atoms with E-state index in [0.29, 0.717) is 25.3 Å². The van der Waals surface area contributed by atoms with Crippen LogP contribution < -0.4 is 10.6 Å². The fraction of sp³-hybridized carbons (Fsp3) is 0.733. The average molecular weight is 334 g/mol. The van der Waals surface area contributed by atoms with Crippen LogP contribution >= 0.6 is 0 Å². The van der Waals surface area contributed by atoms with Crippen LogP contribution in [-0.2, 0) is 4.79 Å². The number of nitrogens with zero attached hydrogens (tertiary/aromatic N) is 2. The zero-order valence-electron chi connectivity index (χ0n) is 13.6. The molecular formula is C15H25F3N4O. The minimum Gasteiger partial charge on any atom is -0.354 e. The number of carbonyl (C=O) groups excluding carboxylic acids is 1. The lowest BCUT2D eigenvalue weighted by Crippen LogP contribution is -2.47. The summed E-state index contributed by atoms with van der Waals surface area (Å²) >= 11 is 0. The van der Waals surface area contributed by atoms with E-state index in [2.05, 4.69) is 22.2 Å².